The summed E-state index contributed by atoms with van der Waals surface area (Å²) in [6.45, 7) is 1.51. The van der Waals surface area contributed by atoms with Gasteiger partial charge in [-0.1, -0.05) is 12.1 Å². The van der Waals surface area contributed by atoms with Crippen molar-refractivity contribution in [2.45, 2.75) is 13.0 Å². The predicted molar refractivity (Wildman–Crippen MR) is 125 cm³/mol. The summed E-state index contributed by atoms with van der Waals surface area (Å²) in [5.74, 6) is 0.240. The number of carbonyl (C=O) groups is 1. The van der Waals surface area contributed by atoms with Crippen molar-refractivity contribution in [3.63, 3.8) is 0 Å². The van der Waals surface area contributed by atoms with E-state index >= 15 is 0 Å². The van der Waals surface area contributed by atoms with E-state index in [0.29, 0.717) is 29.1 Å². The van der Waals surface area contributed by atoms with Crippen molar-refractivity contribution in [2.75, 3.05) is 31.3 Å². The summed E-state index contributed by atoms with van der Waals surface area (Å²) in [5.41, 5.74) is 6.41. The van der Waals surface area contributed by atoms with Crippen LogP contribution in [0.2, 0.25) is 0 Å². The Labute approximate surface area is 186 Å². The van der Waals surface area contributed by atoms with Crippen LogP contribution in [0.25, 0.3) is 11.3 Å². The van der Waals surface area contributed by atoms with Gasteiger partial charge in [0, 0.05) is 24.2 Å². The standard InChI is InChI=1S/C26H24FN3O2/c1-30(2)15-16-3-7-20(8-4-16)28-25(18-5-10-23-17(13-18)11-12-32-23)24-21-9-6-19(27)14-22(21)29-26(24)31/h3-10,13-14,28H,11-12,15H2,1-2H3,(H,29,31). The molecule has 1 amide bonds. The highest BCUT2D eigenvalue weighted by Gasteiger charge is 2.29. The van der Waals surface area contributed by atoms with Crippen LogP contribution in [0.5, 0.6) is 5.75 Å². The summed E-state index contributed by atoms with van der Waals surface area (Å²) in [6.07, 6.45) is 0.832. The average Bonchev–Trinajstić information content (AvgIpc) is 3.35. The fourth-order valence-electron chi connectivity index (χ4n) is 4.22. The minimum atomic E-state index is -0.383. The SMILES string of the molecule is CN(C)Cc1ccc(NC(=C2C(=O)Nc3cc(F)ccc32)c2ccc3c(c2)CCO3)cc1. The van der Waals surface area contributed by atoms with Gasteiger partial charge in [-0.25, -0.2) is 4.39 Å². The molecular weight excluding hydrogens is 405 g/mol. The minimum Gasteiger partial charge on any atom is -0.493 e. The molecule has 5 rings (SSSR count). The Balaban J connectivity index is 1.61. The fourth-order valence-corrected chi connectivity index (χ4v) is 4.22. The molecule has 162 valence electrons. The number of hydrogen-bond acceptors (Lipinski definition) is 4. The summed E-state index contributed by atoms with van der Waals surface area (Å²) < 4.78 is 19.4. The lowest BCUT2D eigenvalue weighted by Crippen LogP contribution is -2.11. The Kier molecular flexibility index (Phi) is 5.15. The number of ether oxygens (including phenoxy) is 1. The monoisotopic (exact) mass is 429 g/mol. The highest BCUT2D eigenvalue weighted by Crippen LogP contribution is 2.39. The summed E-state index contributed by atoms with van der Waals surface area (Å²) in [7, 11) is 4.07. The largest absolute Gasteiger partial charge is 0.493 e. The highest BCUT2D eigenvalue weighted by atomic mass is 19.1. The van der Waals surface area contributed by atoms with Crippen LogP contribution in [0.15, 0.2) is 60.7 Å². The van der Waals surface area contributed by atoms with Crippen molar-refractivity contribution in [3.05, 3.63) is 88.7 Å². The van der Waals surface area contributed by atoms with Crippen LogP contribution in [0, 0.1) is 5.82 Å². The van der Waals surface area contributed by atoms with Gasteiger partial charge in [0.1, 0.15) is 11.6 Å². The third-order valence-corrected chi connectivity index (χ3v) is 5.68. The van der Waals surface area contributed by atoms with Crippen molar-refractivity contribution >= 4 is 28.6 Å². The Bertz CT molecular complexity index is 1230. The molecule has 5 nitrogen and oxygen atoms in total. The maximum atomic E-state index is 13.8. The maximum absolute atomic E-state index is 13.8. The lowest BCUT2D eigenvalue weighted by molar-refractivity contribution is -0.110. The van der Waals surface area contributed by atoms with Crippen molar-refractivity contribution in [3.8, 4) is 5.75 Å². The maximum Gasteiger partial charge on any atom is 0.258 e. The molecule has 0 aromatic heterocycles. The first kappa shape index (κ1) is 20.3. The van der Waals surface area contributed by atoms with Gasteiger partial charge in [0.05, 0.1) is 23.6 Å². The van der Waals surface area contributed by atoms with Gasteiger partial charge in [-0.2, -0.15) is 0 Å². The van der Waals surface area contributed by atoms with Crippen LogP contribution in [0.4, 0.5) is 15.8 Å². The van der Waals surface area contributed by atoms with Gasteiger partial charge >= 0.3 is 0 Å². The third kappa shape index (κ3) is 3.85. The molecule has 0 fully saturated rings. The van der Waals surface area contributed by atoms with E-state index in [1.165, 1.54) is 17.7 Å². The Morgan fingerprint density at radius 2 is 1.91 bits per heavy atom. The Hall–Kier alpha value is -3.64. The van der Waals surface area contributed by atoms with Crippen LogP contribution >= 0.6 is 0 Å². The average molecular weight is 429 g/mol. The normalized spacial score (nSPS) is 15.8. The van der Waals surface area contributed by atoms with E-state index in [1.54, 1.807) is 6.07 Å². The molecule has 0 unspecified atom stereocenters. The van der Waals surface area contributed by atoms with E-state index in [9.17, 15) is 9.18 Å². The van der Waals surface area contributed by atoms with Crippen LogP contribution in [-0.2, 0) is 17.8 Å². The molecule has 0 saturated heterocycles. The molecule has 0 atom stereocenters. The molecule has 2 aliphatic heterocycles. The van der Waals surface area contributed by atoms with Gasteiger partial charge in [0.15, 0.2) is 0 Å². The zero-order valence-electron chi connectivity index (χ0n) is 18.0. The summed E-state index contributed by atoms with van der Waals surface area (Å²) in [5, 5.41) is 6.27. The van der Waals surface area contributed by atoms with Crippen LogP contribution < -0.4 is 15.4 Å². The van der Waals surface area contributed by atoms with Gasteiger partial charge in [-0.15, -0.1) is 0 Å². The van der Waals surface area contributed by atoms with E-state index < -0.39 is 0 Å². The molecule has 0 saturated carbocycles. The van der Waals surface area contributed by atoms with E-state index in [4.69, 9.17) is 4.74 Å². The quantitative estimate of drug-likeness (QED) is 0.575. The lowest BCUT2D eigenvalue weighted by Gasteiger charge is -2.16. The molecule has 3 aromatic rings. The van der Waals surface area contributed by atoms with Crippen molar-refractivity contribution in [1.29, 1.82) is 0 Å². The van der Waals surface area contributed by atoms with Gasteiger partial charge in [0.2, 0.25) is 0 Å². The first-order chi connectivity index (χ1) is 15.5. The number of benzene rings is 3. The molecule has 0 aliphatic carbocycles. The summed E-state index contributed by atoms with van der Waals surface area (Å²) >= 11 is 0. The van der Waals surface area contributed by atoms with Crippen molar-refractivity contribution < 1.29 is 13.9 Å². The second-order valence-electron chi connectivity index (χ2n) is 8.37. The van der Waals surface area contributed by atoms with Gasteiger partial charge in [0.25, 0.3) is 5.91 Å². The Morgan fingerprint density at radius 1 is 1.09 bits per heavy atom. The Morgan fingerprint density at radius 3 is 2.69 bits per heavy atom. The molecule has 6 heteroatoms. The number of hydrogen-bond donors (Lipinski definition) is 2. The second-order valence-corrected chi connectivity index (χ2v) is 8.37. The number of halogens is 1. The smallest absolute Gasteiger partial charge is 0.258 e. The number of amides is 1. The number of nitrogens with zero attached hydrogens (tertiary/aromatic N) is 1. The number of nitrogens with one attached hydrogen (secondary N) is 2. The van der Waals surface area contributed by atoms with Crippen molar-refractivity contribution in [2.24, 2.45) is 0 Å². The second kappa shape index (κ2) is 8.13. The third-order valence-electron chi connectivity index (χ3n) is 5.68. The molecular formula is C26H24FN3O2. The first-order valence-electron chi connectivity index (χ1n) is 10.6. The first-order valence-corrected chi connectivity index (χ1v) is 10.6. The molecule has 0 spiro atoms. The summed E-state index contributed by atoms with van der Waals surface area (Å²) in [4.78, 5) is 15.1. The zero-order chi connectivity index (χ0) is 22.2. The van der Waals surface area contributed by atoms with Gasteiger partial charge in [-0.3, -0.25) is 4.79 Å². The molecule has 2 N–H and O–H groups in total. The molecule has 3 aromatic carbocycles. The van der Waals surface area contributed by atoms with E-state index in [1.807, 2.05) is 38.4 Å². The summed E-state index contributed by atoms with van der Waals surface area (Å²) in [6, 6.07) is 18.5. The lowest BCUT2D eigenvalue weighted by atomic mass is 9.98. The number of rotatable bonds is 5. The van der Waals surface area contributed by atoms with Gasteiger partial charge in [-0.05, 0) is 79.3 Å². The van der Waals surface area contributed by atoms with Crippen molar-refractivity contribution in [1.82, 2.24) is 4.90 Å². The number of fused-ring (bicyclic) bond motifs is 2. The van der Waals surface area contributed by atoms with Crippen LogP contribution in [-0.4, -0.2) is 31.5 Å². The topological polar surface area (TPSA) is 53.6 Å². The highest BCUT2D eigenvalue weighted by molar-refractivity contribution is 6.37. The fraction of sp³-hybridized carbons (Fsp3) is 0.192. The molecule has 2 heterocycles. The van der Waals surface area contributed by atoms with Crippen LogP contribution in [0.3, 0.4) is 0 Å². The molecule has 0 bridgehead atoms. The van der Waals surface area contributed by atoms with E-state index in [-0.39, 0.29) is 11.7 Å². The van der Waals surface area contributed by atoms with E-state index in [2.05, 4.69) is 33.7 Å². The molecule has 0 radical (unpaired) electrons. The van der Waals surface area contributed by atoms with Crippen LogP contribution in [0.1, 0.15) is 22.3 Å². The van der Waals surface area contributed by atoms with E-state index in [0.717, 1.165) is 35.5 Å². The zero-order valence-corrected chi connectivity index (χ0v) is 18.0. The number of anilines is 2. The molecule has 32 heavy (non-hydrogen) atoms. The molecule has 2 aliphatic rings. The number of carbonyl (C=O) groups excluding carboxylic acids is 1. The minimum absolute atomic E-state index is 0.255. The van der Waals surface area contributed by atoms with Gasteiger partial charge < -0.3 is 20.3 Å². The predicted octanol–water partition coefficient (Wildman–Crippen LogP) is 4.75.